The molecule has 0 aromatic heterocycles. The van der Waals surface area contributed by atoms with Crippen LogP contribution in [0.15, 0.2) is 18.2 Å². The molecular weight excluding hydrogens is 264 g/mol. The van der Waals surface area contributed by atoms with Crippen molar-refractivity contribution < 1.29 is 18.7 Å². The Morgan fingerprint density at radius 3 is 2.45 bits per heavy atom. The van der Waals surface area contributed by atoms with Crippen molar-refractivity contribution in [2.75, 3.05) is 6.61 Å². The van der Waals surface area contributed by atoms with Gasteiger partial charge in [-0.15, -0.1) is 0 Å². The van der Waals surface area contributed by atoms with Gasteiger partial charge in [0.2, 0.25) is 5.91 Å². The highest BCUT2D eigenvalue weighted by molar-refractivity contribution is 5.84. The predicted octanol–water partition coefficient (Wildman–Crippen LogP) is 2.35. The third kappa shape index (κ3) is 2.82. The lowest BCUT2D eigenvalue weighted by Gasteiger charge is -2.30. The summed E-state index contributed by atoms with van der Waals surface area (Å²) in [6.07, 6.45) is 1.89. The molecule has 110 valence electrons. The van der Waals surface area contributed by atoms with Gasteiger partial charge in [-0.1, -0.05) is 6.07 Å². The zero-order valence-electron chi connectivity index (χ0n) is 11.6. The highest BCUT2D eigenvalue weighted by Gasteiger charge is 2.43. The van der Waals surface area contributed by atoms with Crippen LogP contribution in [0.3, 0.4) is 0 Å². The minimum atomic E-state index is -0.944. The monoisotopic (exact) mass is 283 g/mol. The van der Waals surface area contributed by atoms with E-state index in [1.54, 1.807) is 6.92 Å². The minimum Gasteiger partial charge on any atom is -0.394 e. The van der Waals surface area contributed by atoms with E-state index in [1.165, 1.54) is 13.0 Å². The van der Waals surface area contributed by atoms with E-state index >= 15 is 0 Å². The van der Waals surface area contributed by atoms with Gasteiger partial charge >= 0.3 is 0 Å². The Morgan fingerprint density at radius 1 is 1.45 bits per heavy atom. The second-order valence-corrected chi connectivity index (χ2v) is 5.70. The lowest BCUT2D eigenvalue weighted by Crippen LogP contribution is -2.52. The van der Waals surface area contributed by atoms with Crippen molar-refractivity contribution in [3.05, 3.63) is 35.4 Å². The number of rotatable bonds is 5. The van der Waals surface area contributed by atoms with E-state index in [4.69, 9.17) is 0 Å². The van der Waals surface area contributed by atoms with Gasteiger partial charge in [0.05, 0.1) is 18.1 Å². The highest BCUT2D eigenvalue weighted by Crippen LogP contribution is 2.39. The average molecular weight is 283 g/mol. The number of aliphatic hydroxyl groups is 1. The summed E-state index contributed by atoms with van der Waals surface area (Å²) >= 11 is 0. The molecule has 1 aromatic carbocycles. The van der Waals surface area contributed by atoms with Crippen LogP contribution >= 0.6 is 0 Å². The Hall–Kier alpha value is -1.49. The molecule has 5 heteroatoms. The molecule has 0 heterocycles. The molecule has 2 atom stereocenters. The van der Waals surface area contributed by atoms with E-state index in [0.29, 0.717) is 0 Å². The average Bonchev–Trinajstić information content (AvgIpc) is 3.22. The number of carbonyl (C=O) groups excluding carboxylic acids is 1. The Morgan fingerprint density at radius 2 is 2.00 bits per heavy atom. The Bertz CT molecular complexity index is 496. The molecule has 0 radical (unpaired) electrons. The van der Waals surface area contributed by atoms with E-state index in [9.17, 15) is 18.7 Å². The van der Waals surface area contributed by atoms with Crippen molar-refractivity contribution >= 4 is 5.91 Å². The van der Waals surface area contributed by atoms with E-state index < -0.39 is 29.0 Å². The minimum absolute atomic E-state index is 0.185. The number of hydrogen-bond acceptors (Lipinski definition) is 2. The molecule has 1 aliphatic carbocycles. The molecule has 1 aromatic rings. The first kappa shape index (κ1) is 14.9. The standard InChI is InChI=1S/C15H19F2NO2/c1-9(13-11(16)4-3-5-12(13)17)14(20)18-15(2,8-19)10-6-7-10/h3-5,9-10,19H,6-8H2,1-2H3,(H,18,20). The first-order chi connectivity index (χ1) is 9.39. The molecule has 0 spiro atoms. The van der Waals surface area contributed by atoms with Gasteiger partial charge in [-0.2, -0.15) is 0 Å². The fourth-order valence-corrected chi connectivity index (χ4v) is 2.44. The van der Waals surface area contributed by atoms with Crippen LogP contribution in [0.5, 0.6) is 0 Å². The van der Waals surface area contributed by atoms with E-state index in [1.807, 2.05) is 0 Å². The van der Waals surface area contributed by atoms with Crippen LogP contribution in [0.1, 0.15) is 38.2 Å². The summed E-state index contributed by atoms with van der Waals surface area (Å²) in [4.78, 5) is 12.2. The predicted molar refractivity (Wildman–Crippen MR) is 71.1 cm³/mol. The lowest BCUT2D eigenvalue weighted by molar-refractivity contribution is -0.125. The Balaban J connectivity index is 2.16. The van der Waals surface area contributed by atoms with Gasteiger partial charge < -0.3 is 10.4 Å². The molecule has 2 rings (SSSR count). The second kappa shape index (κ2) is 5.48. The van der Waals surface area contributed by atoms with E-state index in [2.05, 4.69) is 5.32 Å². The molecule has 3 nitrogen and oxygen atoms in total. The van der Waals surface area contributed by atoms with Crippen LogP contribution in [-0.4, -0.2) is 23.2 Å². The number of aliphatic hydroxyl groups excluding tert-OH is 1. The van der Waals surface area contributed by atoms with Crippen molar-refractivity contribution in [1.29, 1.82) is 0 Å². The quantitative estimate of drug-likeness (QED) is 0.871. The number of halogens is 2. The smallest absolute Gasteiger partial charge is 0.227 e. The number of nitrogens with one attached hydrogen (secondary N) is 1. The Kier molecular flexibility index (Phi) is 4.09. The molecule has 1 fully saturated rings. The molecule has 0 aliphatic heterocycles. The van der Waals surface area contributed by atoms with Crippen molar-refractivity contribution in [1.82, 2.24) is 5.32 Å². The van der Waals surface area contributed by atoms with Gasteiger partial charge in [0.1, 0.15) is 11.6 Å². The summed E-state index contributed by atoms with van der Waals surface area (Å²) in [6, 6.07) is 3.53. The third-order valence-electron chi connectivity index (χ3n) is 4.04. The lowest BCUT2D eigenvalue weighted by atomic mass is 9.93. The van der Waals surface area contributed by atoms with Crippen molar-refractivity contribution in [3.8, 4) is 0 Å². The highest BCUT2D eigenvalue weighted by atomic mass is 19.1. The maximum atomic E-state index is 13.7. The molecule has 20 heavy (non-hydrogen) atoms. The molecular formula is C15H19F2NO2. The van der Waals surface area contributed by atoms with Crippen LogP contribution in [0.4, 0.5) is 8.78 Å². The van der Waals surface area contributed by atoms with Gasteiger partial charge in [0, 0.05) is 5.56 Å². The Labute approximate surface area is 117 Å². The van der Waals surface area contributed by atoms with Crippen molar-refractivity contribution in [2.24, 2.45) is 5.92 Å². The number of benzene rings is 1. The van der Waals surface area contributed by atoms with E-state index in [0.717, 1.165) is 25.0 Å². The largest absolute Gasteiger partial charge is 0.394 e. The molecule has 1 saturated carbocycles. The van der Waals surface area contributed by atoms with Crippen molar-refractivity contribution in [2.45, 2.75) is 38.1 Å². The van der Waals surface area contributed by atoms with Gasteiger partial charge in [-0.25, -0.2) is 8.78 Å². The van der Waals surface area contributed by atoms with Crippen LogP contribution in [0.25, 0.3) is 0 Å². The molecule has 1 amide bonds. The van der Waals surface area contributed by atoms with Gasteiger partial charge in [-0.05, 0) is 44.7 Å². The van der Waals surface area contributed by atoms with Crippen LogP contribution in [-0.2, 0) is 4.79 Å². The molecule has 2 unspecified atom stereocenters. The molecule has 0 saturated heterocycles. The fraction of sp³-hybridized carbons (Fsp3) is 0.533. The summed E-state index contributed by atoms with van der Waals surface area (Å²) in [7, 11) is 0. The summed E-state index contributed by atoms with van der Waals surface area (Å²) < 4.78 is 27.4. The zero-order valence-corrected chi connectivity index (χ0v) is 11.6. The third-order valence-corrected chi connectivity index (χ3v) is 4.04. The number of hydrogen-bond donors (Lipinski definition) is 2. The van der Waals surface area contributed by atoms with Crippen LogP contribution in [0, 0.1) is 17.6 Å². The van der Waals surface area contributed by atoms with Crippen molar-refractivity contribution in [3.63, 3.8) is 0 Å². The summed E-state index contributed by atoms with van der Waals surface area (Å²) in [5, 5.41) is 12.2. The molecule has 0 bridgehead atoms. The van der Waals surface area contributed by atoms with Crippen LogP contribution in [0.2, 0.25) is 0 Å². The van der Waals surface area contributed by atoms with Crippen LogP contribution < -0.4 is 5.32 Å². The second-order valence-electron chi connectivity index (χ2n) is 5.70. The normalized spacial score (nSPS) is 19.2. The van der Waals surface area contributed by atoms with Gasteiger partial charge in [0.25, 0.3) is 0 Å². The van der Waals surface area contributed by atoms with Gasteiger partial charge in [0.15, 0.2) is 0 Å². The summed E-state index contributed by atoms with van der Waals surface area (Å²) in [5.41, 5.74) is -0.950. The number of carbonyl (C=O) groups is 1. The first-order valence-electron chi connectivity index (χ1n) is 6.76. The maximum Gasteiger partial charge on any atom is 0.227 e. The van der Waals surface area contributed by atoms with E-state index in [-0.39, 0.29) is 18.1 Å². The first-order valence-corrected chi connectivity index (χ1v) is 6.76. The summed E-state index contributed by atoms with van der Waals surface area (Å²) in [6.45, 7) is 3.03. The van der Waals surface area contributed by atoms with Gasteiger partial charge in [-0.3, -0.25) is 4.79 Å². The number of amides is 1. The molecule has 1 aliphatic rings. The summed E-state index contributed by atoms with van der Waals surface area (Å²) in [5.74, 6) is -2.65. The zero-order chi connectivity index (χ0) is 14.9. The SMILES string of the molecule is CC(C(=O)NC(C)(CO)C1CC1)c1c(F)cccc1F. The topological polar surface area (TPSA) is 49.3 Å². The molecule has 2 N–H and O–H groups in total. The maximum absolute atomic E-state index is 13.7. The fourth-order valence-electron chi connectivity index (χ4n) is 2.44.